The maximum absolute atomic E-state index is 12.9. The minimum absolute atomic E-state index is 0.121. The third-order valence-corrected chi connectivity index (χ3v) is 3.19. The van der Waals surface area contributed by atoms with Gasteiger partial charge in [0.2, 0.25) is 0 Å². The molecule has 72 valence electrons. The van der Waals surface area contributed by atoms with Crippen molar-refractivity contribution < 1.29 is 4.39 Å². The lowest BCUT2D eigenvalue weighted by molar-refractivity contribution is 0.504. The zero-order valence-electron chi connectivity index (χ0n) is 8.20. The molecular formula is C11H14BrF. The van der Waals surface area contributed by atoms with E-state index >= 15 is 0 Å². The Bertz CT molecular complexity index is 305. The summed E-state index contributed by atoms with van der Waals surface area (Å²) < 4.78 is 13.5. The molecule has 0 heterocycles. The maximum Gasteiger partial charge on any atom is 0.137 e. The van der Waals surface area contributed by atoms with Gasteiger partial charge in [-0.3, -0.25) is 0 Å². The molecule has 1 aromatic carbocycles. The fourth-order valence-electron chi connectivity index (χ4n) is 1.12. The highest BCUT2D eigenvalue weighted by Gasteiger charge is 2.18. The molecular weight excluding hydrogens is 231 g/mol. The Hall–Kier alpha value is -0.370. The SMILES string of the molecule is CCC(C)(C)c1ccc(F)c(Br)c1. The van der Waals surface area contributed by atoms with E-state index in [4.69, 9.17) is 0 Å². The van der Waals surface area contributed by atoms with Gasteiger partial charge in [-0.25, -0.2) is 4.39 Å². The van der Waals surface area contributed by atoms with Gasteiger partial charge < -0.3 is 0 Å². The van der Waals surface area contributed by atoms with Crippen LogP contribution in [0.5, 0.6) is 0 Å². The summed E-state index contributed by atoms with van der Waals surface area (Å²) in [5, 5.41) is 0. The second kappa shape index (κ2) is 3.79. The van der Waals surface area contributed by atoms with Gasteiger partial charge in [0.05, 0.1) is 4.47 Å². The van der Waals surface area contributed by atoms with Crippen LogP contribution >= 0.6 is 15.9 Å². The van der Waals surface area contributed by atoms with Crippen LogP contribution in [0.15, 0.2) is 22.7 Å². The third kappa shape index (κ3) is 2.31. The summed E-state index contributed by atoms with van der Waals surface area (Å²) in [4.78, 5) is 0. The van der Waals surface area contributed by atoms with Gasteiger partial charge in [-0.1, -0.05) is 26.8 Å². The lowest BCUT2D eigenvalue weighted by atomic mass is 9.82. The Kier molecular flexibility index (Phi) is 3.12. The monoisotopic (exact) mass is 244 g/mol. The Morgan fingerprint density at radius 2 is 2.00 bits per heavy atom. The summed E-state index contributed by atoms with van der Waals surface area (Å²) in [6, 6.07) is 5.22. The lowest BCUT2D eigenvalue weighted by Gasteiger charge is -2.23. The summed E-state index contributed by atoms with van der Waals surface area (Å²) >= 11 is 3.19. The Morgan fingerprint density at radius 1 is 1.38 bits per heavy atom. The van der Waals surface area contributed by atoms with Crippen LogP contribution in [-0.4, -0.2) is 0 Å². The van der Waals surface area contributed by atoms with Crippen LogP contribution in [0.2, 0.25) is 0 Å². The molecule has 0 aliphatic carbocycles. The Morgan fingerprint density at radius 3 is 2.46 bits per heavy atom. The fraction of sp³-hybridized carbons (Fsp3) is 0.455. The lowest BCUT2D eigenvalue weighted by Crippen LogP contribution is -2.15. The van der Waals surface area contributed by atoms with Crippen LogP contribution in [0.3, 0.4) is 0 Å². The van der Waals surface area contributed by atoms with Crippen LogP contribution in [0.4, 0.5) is 4.39 Å². The van der Waals surface area contributed by atoms with Crippen molar-refractivity contribution >= 4 is 15.9 Å². The first-order valence-corrected chi connectivity index (χ1v) is 5.22. The van der Waals surface area contributed by atoms with Crippen LogP contribution in [0.1, 0.15) is 32.8 Å². The van der Waals surface area contributed by atoms with E-state index in [-0.39, 0.29) is 11.2 Å². The Balaban J connectivity index is 3.10. The van der Waals surface area contributed by atoms with Crippen molar-refractivity contribution in [1.29, 1.82) is 0 Å². The van der Waals surface area contributed by atoms with Crippen LogP contribution in [0, 0.1) is 5.82 Å². The Labute approximate surface area is 87.3 Å². The minimum atomic E-state index is -0.198. The van der Waals surface area contributed by atoms with Crippen molar-refractivity contribution in [3.63, 3.8) is 0 Å². The zero-order chi connectivity index (χ0) is 10.1. The standard InChI is InChI=1S/C11H14BrF/c1-4-11(2,3)8-5-6-10(13)9(12)7-8/h5-7H,4H2,1-3H3. The summed E-state index contributed by atoms with van der Waals surface area (Å²) in [7, 11) is 0. The highest BCUT2D eigenvalue weighted by molar-refractivity contribution is 9.10. The van der Waals surface area contributed by atoms with E-state index in [0.29, 0.717) is 4.47 Å². The average Bonchev–Trinajstić information content (AvgIpc) is 2.09. The molecule has 0 bridgehead atoms. The smallest absolute Gasteiger partial charge is 0.137 e. The maximum atomic E-state index is 12.9. The molecule has 0 amide bonds. The van der Waals surface area contributed by atoms with Crippen molar-refractivity contribution in [2.24, 2.45) is 0 Å². The van der Waals surface area contributed by atoms with Gasteiger partial charge in [-0.05, 0) is 45.5 Å². The minimum Gasteiger partial charge on any atom is -0.206 e. The van der Waals surface area contributed by atoms with Crippen molar-refractivity contribution in [1.82, 2.24) is 0 Å². The molecule has 0 spiro atoms. The topological polar surface area (TPSA) is 0 Å². The molecule has 0 saturated carbocycles. The zero-order valence-corrected chi connectivity index (χ0v) is 9.78. The van der Waals surface area contributed by atoms with Gasteiger partial charge in [0.15, 0.2) is 0 Å². The van der Waals surface area contributed by atoms with E-state index in [1.165, 1.54) is 11.6 Å². The number of hydrogen-bond donors (Lipinski definition) is 0. The van der Waals surface area contributed by atoms with Gasteiger partial charge in [0.1, 0.15) is 5.82 Å². The van der Waals surface area contributed by atoms with Gasteiger partial charge in [-0.2, -0.15) is 0 Å². The molecule has 0 nitrogen and oxygen atoms in total. The highest BCUT2D eigenvalue weighted by atomic mass is 79.9. The first kappa shape index (κ1) is 10.7. The predicted molar refractivity (Wildman–Crippen MR) is 57.4 cm³/mol. The molecule has 0 saturated heterocycles. The van der Waals surface area contributed by atoms with Gasteiger partial charge in [0.25, 0.3) is 0 Å². The largest absolute Gasteiger partial charge is 0.206 e. The molecule has 1 aromatic rings. The third-order valence-electron chi connectivity index (χ3n) is 2.58. The molecule has 2 heteroatoms. The summed E-state index contributed by atoms with van der Waals surface area (Å²) in [5.74, 6) is -0.198. The van der Waals surface area contributed by atoms with E-state index in [9.17, 15) is 4.39 Å². The van der Waals surface area contributed by atoms with Crippen molar-refractivity contribution in [2.45, 2.75) is 32.6 Å². The van der Waals surface area contributed by atoms with E-state index in [2.05, 4.69) is 36.7 Å². The number of benzene rings is 1. The number of halogens is 2. The van der Waals surface area contributed by atoms with E-state index < -0.39 is 0 Å². The van der Waals surface area contributed by atoms with Crippen LogP contribution in [-0.2, 0) is 5.41 Å². The summed E-state index contributed by atoms with van der Waals surface area (Å²) in [6.07, 6.45) is 1.05. The molecule has 0 aliphatic rings. The van der Waals surface area contributed by atoms with Crippen LogP contribution in [0.25, 0.3) is 0 Å². The molecule has 0 unspecified atom stereocenters. The quantitative estimate of drug-likeness (QED) is 0.729. The molecule has 0 atom stereocenters. The summed E-state index contributed by atoms with van der Waals surface area (Å²) in [5.41, 5.74) is 1.29. The molecule has 1 rings (SSSR count). The normalized spacial score (nSPS) is 11.8. The molecule has 0 N–H and O–H groups in total. The predicted octanol–water partition coefficient (Wildman–Crippen LogP) is 4.28. The van der Waals surface area contributed by atoms with Gasteiger partial charge >= 0.3 is 0 Å². The molecule has 0 aliphatic heterocycles. The number of rotatable bonds is 2. The average molecular weight is 245 g/mol. The van der Waals surface area contributed by atoms with Crippen molar-refractivity contribution in [3.8, 4) is 0 Å². The van der Waals surface area contributed by atoms with E-state index in [1.807, 2.05) is 12.1 Å². The fourth-order valence-corrected chi connectivity index (χ4v) is 1.50. The van der Waals surface area contributed by atoms with Crippen molar-refractivity contribution in [3.05, 3.63) is 34.1 Å². The second-order valence-electron chi connectivity index (χ2n) is 3.87. The first-order valence-electron chi connectivity index (χ1n) is 4.43. The van der Waals surface area contributed by atoms with Crippen molar-refractivity contribution in [2.75, 3.05) is 0 Å². The first-order chi connectivity index (χ1) is 5.97. The van der Waals surface area contributed by atoms with E-state index in [1.54, 1.807) is 0 Å². The van der Waals surface area contributed by atoms with Gasteiger partial charge in [0, 0.05) is 0 Å². The molecule has 0 aromatic heterocycles. The second-order valence-corrected chi connectivity index (χ2v) is 4.72. The van der Waals surface area contributed by atoms with E-state index in [0.717, 1.165) is 6.42 Å². The van der Waals surface area contributed by atoms with Crippen LogP contribution < -0.4 is 0 Å². The molecule has 0 radical (unpaired) electrons. The highest BCUT2D eigenvalue weighted by Crippen LogP contribution is 2.29. The number of hydrogen-bond acceptors (Lipinski definition) is 0. The van der Waals surface area contributed by atoms with Gasteiger partial charge in [-0.15, -0.1) is 0 Å². The molecule has 0 fully saturated rings. The summed E-state index contributed by atoms with van der Waals surface area (Å²) in [6.45, 7) is 6.45. The molecule has 13 heavy (non-hydrogen) atoms.